The van der Waals surface area contributed by atoms with Crippen LogP contribution < -0.4 is 20.5 Å². The minimum absolute atomic E-state index is 0.134. The standard InChI is InChI=1S/C24H32N4O2/c1-2-3-17-30-21-11-9-19(10-12-21)22-18-23(26-25-22)24(29)28-15-13-27(14-16-28)20-7-5-4-6-8-20/h4-12,22-23,25-26H,2-3,13-18H2,1H3. The molecule has 6 nitrogen and oxygen atoms in total. The van der Waals surface area contributed by atoms with Crippen LogP contribution in [-0.4, -0.2) is 49.6 Å². The van der Waals surface area contributed by atoms with Gasteiger partial charge in [0, 0.05) is 37.9 Å². The predicted molar refractivity (Wildman–Crippen MR) is 119 cm³/mol. The van der Waals surface area contributed by atoms with Crippen LogP contribution in [-0.2, 0) is 4.79 Å². The third-order valence-corrected chi connectivity index (χ3v) is 5.96. The highest BCUT2D eigenvalue weighted by Crippen LogP contribution is 2.25. The molecule has 2 heterocycles. The van der Waals surface area contributed by atoms with Gasteiger partial charge in [0.25, 0.3) is 0 Å². The van der Waals surface area contributed by atoms with Gasteiger partial charge in [-0.2, -0.15) is 0 Å². The van der Waals surface area contributed by atoms with Gasteiger partial charge >= 0.3 is 0 Å². The Hall–Kier alpha value is -2.57. The largest absolute Gasteiger partial charge is 0.494 e. The Kier molecular flexibility index (Phi) is 6.87. The first-order chi connectivity index (χ1) is 14.7. The molecule has 2 atom stereocenters. The summed E-state index contributed by atoms with van der Waals surface area (Å²) in [5.74, 6) is 1.10. The minimum atomic E-state index is -0.182. The number of para-hydroxylation sites is 1. The zero-order valence-corrected chi connectivity index (χ0v) is 17.7. The van der Waals surface area contributed by atoms with Gasteiger partial charge in [0.2, 0.25) is 5.91 Å². The van der Waals surface area contributed by atoms with Crippen molar-refractivity contribution in [1.29, 1.82) is 0 Å². The minimum Gasteiger partial charge on any atom is -0.494 e. The van der Waals surface area contributed by atoms with Gasteiger partial charge in [-0.3, -0.25) is 4.79 Å². The molecule has 2 fully saturated rings. The van der Waals surface area contributed by atoms with E-state index in [4.69, 9.17) is 4.74 Å². The molecule has 6 heteroatoms. The molecule has 0 bridgehead atoms. The number of ether oxygens (including phenoxy) is 1. The van der Waals surface area contributed by atoms with Crippen LogP contribution >= 0.6 is 0 Å². The number of rotatable bonds is 7. The van der Waals surface area contributed by atoms with Crippen molar-refractivity contribution in [3.05, 3.63) is 60.2 Å². The number of unbranched alkanes of at least 4 members (excludes halogenated alkanes) is 1. The summed E-state index contributed by atoms with van der Waals surface area (Å²) in [6, 6.07) is 18.6. The number of hydrogen-bond donors (Lipinski definition) is 2. The molecule has 2 aromatic carbocycles. The van der Waals surface area contributed by atoms with Crippen molar-refractivity contribution in [2.45, 2.75) is 38.3 Å². The summed E-state index contributed by atoms with van der Waals surface area (Å²) in [7, 11) is 0. The maximum Gasteiger partial charge on any atom is 0.241 e. The van der Waals surface area contributed by atoms with E-state index in [1.54, 1.807) is 0 Å². The SMILES string of the molecule is CCCCOc1ccc(C2CC(C(=O)N3CCN(c4ccccc4)CC3)NN2)cc1. The fourth-order valence-electron chi connectivity index (χ4n) is 4.11. The maximum atomic E-state index is 13.0. The van der Waals surface area contributed by atoms with E-state index < -0.39 is 0 Å². The Morgan fingerprint density at radius 1 is 1.00 bits per heavy atom. The number of hydrazine groups is 1. The summed E-state index contributed by atoms with van der Waals surface area (Å²) in [4.78, 5) is 17.3. The lowest BCUT2D eigenvalue weighted by molar-refractivity contribution is -0.133. The summed E-state index contributed by atoms with van der Waals surface area (Å²) in [5.41, 5.74) is 8.92. The van der Waals surface area contributed by atoms with Gasteiger partial charge in [-0.1, -0.05) is 43.7 Å². The molecule has 0 spiro atoms. The summed E-state index contributed by atoms with van der Waals surface area (Å²) >= 11 is 0. The third-order valence-electron chi connectivity index (χ3n) is 5.96. The van der Waals surface area contributed by atoms with Gasteiger partial charge in [-0.25, -0.2) is 10.9 Å². The van der Waals surface area contributed by atoms with Crippen LogP contribution in [0.5, 0.6) is 5.75 Å². The zero-order chi connectivity index (χ0) is 20.8. The molecule has 0 radical (unpaired) electrons. The second-order valence-corrected chi connectivity index (χ2v) is 8.05. The second kappa shape index (κ2) is 9.96. The van der Waals surface area contributed by atoms with E-state index in [9.17, 15) is 4.79 Å². The third kappa shape index (κ3) is 4.94. The Labute approximate surface area is 179 Å². The van der Waals surface area contributed by atoms with Crippen LogP contribution in [0.1, 0.15) is 37.8 Å². The first kappa shape index (κ1) is 20.7. The average molecular weight is 409 g/mol. The van der Waals surface area contributed by atoms with Crippen molar-refractivity contribution < 1.29 is 9.53 Å². The van der Waals surface area contributed by atoms with Crippen molar-refractivity contribution in [3.63, 3.8) is 0 Å². The van der Waals surface area contributed by atoms with Crippen molar-refractivity contribution in [2.24, 2.45) is 0 Å². The summed E-state index contributed by atoms with van der Waals surface area (Å²) in [6.45, 7) is 6.19. The van der Waals surface area contributed by atoms with E-state index in [1.165, 1.54) is 11.3 Å². The molecule has 0 aromatic heterocycles. The fourth-order valence-corrected chi connectivity index (χ4v) is 4.11. The summed E-state index contributed by atoms with van der Waals surface area (Å²) in [5, 5.41) is 0. The predicted octanol–water partition coefficient (Wildman–Crippen LogP) is 3.12. The number of anilines is 1. The van der Waals surface area contributed by atoms with E-state index in [1.807, 2.05) is 23.1 Å². The number of carbonyl (C=O) groups is 1. The van der Waals surface area contributed by atoms with Crippen LogP contribution in [0.25, 0.3) is 0 Å². The van der Waals surface area contributed by atoms with E-state index >= 15 is 0 Å². The first-order valence-electron chi connectivity index (χ1n) is 11.1. The molecule has 2 aromatic rings. The number of amides is 1. The number of nitrogens with zero attached hydrogens (tertiary/aromatic N) is 2. The van der Waals surface area contributed by atoms with Crippen LogP contribution in [0, 0.1) is 0 Å². The Balaban J connectivity index is 1.27. The van der Waals surface area contributed by atoms with Crippen LogP contribution in [0.2, 0.25) is 0 Å². The molecule has 0 saturated carbocycles. The van der Waals surface area contributed by atoms with Crippen molar-refractivity contribution in [1.82, 2.24) is 15.8 Å². The van der Waals surface area contributed by atoms with E-state index in [0.29, 0.717) is 0 Å². The van der Waals surface area contributed by atoms with E-state index in [-0.39, 0.29) is 18.0 Å². The van der Waals surface area contributed by atoms with Gasteiger partial charge < -0.3 is 14.5 Å². The molecular formula is C24H32N4O2. The molecule has 0 aliphatic carbocycles. The molecular weight excluding hydrogens is 376 g/mol. The number of benzene rings is 2. The molecule has 4 rings (SSSR count). The van der Waals surface area contributed by atoms with Gasteiger partial charge in [0.05, 0.1) is 6.61 Å². The number of carbonyl (C=O) groups excluding carboxylic acids is 1. The van der Waals surface area contributed by atoms with Crippen LogP contribution in [0.4, 0.5) is 5.69 Å². The van der Waals surface area contributed by atoms with E-state index in [0.717, 1.165) is 57.8 Å². The highest BCUT2D eigenvalue weighted by Gasteiger charge is 2.34. The number of piperazine rings is 1. The Morgan fingerprint density at radius 3 is 2.43 bits per heavy atom. The molecule has 30 heavy (non-hydrogen) atoms. The molecule has 2 aliphatic heterocycles. The van der Waals surface area contributed by atoms with Crippen molar-refractivity contribution in [2.75, 3.05) is 37.7 Å². The fraction of sp³-hybridized carbons (Fsp3) is 0.458. The topological polar surface area (TPSA) is 56.8 Å². The highest BCUT2D eigenvalue weighted by atomic mass is 16.5. The molecule has 2 saturated heterocycles. The lowest BCUT2D eigenvalue weighted by Gasteiger charge is -2.37. The van der Waals surface area contributed by atoms with Gasteiger partial charge in [0.1, 0.15) is 11.8 Å². The average Bonchev–Trinajstić information content (AvgIpc) is 3.30. The summed E-state index contributed by atoms with van der Waals surface area (Å²) in [6.07, 6.45) is 2.96. The molecule has 2 aliphatic rings. The van der Waals surface area contributed by atoms with Gasteiger partial charge in [0.15, 0.2) is 0 Å². The smallest absolute Gasteiger partial charge is 0.241 e. The monoisotopic (exact) mass is 408 g/mol. The second-order valence-electron chi connectivity index (χ2n) is 8.05. The van der Waals surface area contributed by atoms with Crippen LogP contribution in [0.15, 0.2) is 54.6 Å². The lowest BCUT2D eigenvalue weighted by atomic mass is 10.0. The van der Waals surface area contributed by atoms with E-state index in [2.05, 4.69) is 59.1 Å². The van der Waals surface area contributed by atoms with Gasteiger partial charge in [-0.05, 0) is 42.7 Å². The maximum absolute atomic E-state index is 13.0. The zero-order valence-electron chi connectivity index (χ0n) is 17.7. The lowest BCUT2D eigenvalue weighted by Crippen LogP contribution is -2.53. The molecule has 1 amide bonds. The molecule has 2 N–H and O–H groups in total. The van der Waals surface area contributed by atoms with Crippen molar-refractivity contribution >= 4 is 11.6 Å². The van der Waals surface area contributed by atoms with Gasteiger partial charge in [-0.15, -0.1) is 0 Å². The Bertz CT molecular complexity index is 804. The summed E-state index contributed by atoms with van der Waals surface area (Å²) < 4.78 is 5.74. The van der Waals surface area contributed by atoms with Crippen molar-refractivity contribution in [3.8, 4) is 5.75 Å². The molecule has 160 valence electrons. The molecule has 2 unspecified atom stereocenters. The number of nitrogens with one attached hydrogen (secondary N) is 2. The quantitative estimate of drug-likeness (QED) is 0.690. The normalized spacial score (nSPS) is 21.6. The van der Waals surface area contributed by atoms with Crippen LogP contribution in [0.3, 0.4) is 0 Å². The highest BCUT2D eigenvalue weighted by molar-refractivity contribution is 5.82. The number of hydrogen-bond acceptors (Lipinski definition) is 5. The Morgan fingerprint density at radius 2 is 1.73 bits per heavy atom. The first-order valence-corrected chi connectivity index (χ1v) is 11.1.